The maximum atomic E-state index is 14.1. The SMILES string of the molecule is COc1ccc(C2Nc3ccccc3C(=O)N2C2CC2)cc1F. The van der Waals surface area contributed by atoms with Gasteiger partial charge in [-0.15, -0.1) is 0 Å². The Balaban J connectivity index is 1.77. The largest absolute Gasteiger partial charge is 0.494 e. The van der Waals surface area contributed by atoms with Crippen molar-refractivity contribution in [3.05, 3.63) is 59.4 Å². The van der Waals surface area contributed by atoms with E-state index in [0.29, 0.717) is 5.56 Å². The molecule has 1 heterocycles. The Morgan fingerprint density at radius 1 is 1.22 bits per heavy atom. The van der Waals surface area contributed by atoms with Gasteiger partial charge in [0.05, 0.1) is 12.7 Å². The number of rotatable bonds is 3. The quantitative estimate of drug-likeness (QED) is 0.942. The molecule has 4 rings (SSSR count). The first-order valence-corrected chi connectivity index (χ1v) is 7.70. The second kappa shape index (κ2) is 5.26. The number of nitrogens with zero attached hydrogens (tertiary/aromatic N) is 1. The van der Waals surface area contributed by atoms with Crippen LogP contribution in [-0.2, 0) is 0 Å². The molecule has 1 saturated carbocycles. The van der Waals surface area contributed by atoms with E-state index in [0.717, 1.165) is 24.1 Å². The summed E-state index contributed by atoms with van der Waals surface area (Å²) in [5.74, 6) is -0.216. The number of hydrogen-bond donors (Lipinski definition) is 1. The smallest absolute Gasteiger partial charge is 0.258 e. The zero-order chi connectivity index (χ0) is 16.0. The number of carbonyl (C=O) groups is 1. The number of para-hydroxylation sites is 1. The van der Waals surface area contributed by atoms with Gasteiger partial charge in [-0.1, -0.05) is 18.2 Å². The van der Waals surface area contributed by atoms with Crippen molar-refractivity contribution in [3.63, 3.8) is 0 Å². The van der Waals surface area contributed by atoms with E-state index in [2.05, 4.69) is 5.32 Å². The van der Waals surface area contributed by atoms with Crippen molar-refractivity contribution < 1.29 is 13.9 Å². The van der Waals surface area contributed by atoms with Crippen molar-refractivity contribution in [2.24, 2.45) is 0 Å². The van der Waals surface area contributed by atoms with Gasteiger partial charge in [0.1, 0.15) is 6.17 Å². The van der Waals surface area contributed by atoms with Gasteiger partial charge in [0.25, 0.3) is 5.91 Å². The van der Waals surface area contributed by atoms with Crippen molar-refractivity contribution in [1.82, 2.24) is 4.90 Å². The Labute approximate surface area is 133 Å². The van der Waals surface area contributed by atoms with Gasteiger partial charge >= 0.3 is 0 Å². The third-order valence-corrected chi connectivity index (χ3v) is 4.39. The second-order valence-corrected chi connectivity index (χ2v) is 5.93. The normalized spacial score (nSPS) is 20.0. The second-order valence-electron chi connectivity index (χ2n) is 5.93. The summed E-state index contributed by atoms with van der Waals surface area (Å²) in [7, 11) is 1.44. The lowest BCUT2D eigenvalue weighted by molar-refractivity contribution is 0.0666. The van der Waals surface area contributed by atoms with Gasteiger partial charge in [0, 0.05) is 11.7 Å². The highest BCUT2D eigenvalue weighted by Crippen LogP contribution is 2.41. The third kappa shape index (κ3) is 2.32. The van der Waals surface area contributed by atoms with Crippen LogP contribution in [0.4, 0.5) is 10.1 Å². The molecule has 0 spiro atoms. The average molecular weight is 312 g/mol. The standard InChI is InChI=1S/C18H17FN2O2/c1-23-16-9-6-11(10-14(16)19)17-20-15-5-3-2-4-13(15)18(22)21(17)12-7-8-12/h2-6,9-10,12,17,20H,7-8H2,1H3. The molecule has 2 aromatic rings. The van der Waals surface area contributed by atoms with Crippen LogP contribution in [0.2, 0.25) is 0 Å². The van der Waals surface area contributed by atoms with Gasteiger partial charge in [0.15, 0.2) is 11.6 Å². The molecule has 2 aliphatic rings. The van der Waals surface area contributed by atoms with Crippen LogP contribution in [0.1, 0.15) is 34.9 Å². The summed E-state index contributed by atoms with van der Waals surface area (Å²) in [4.78, 5) is 14.7. The number of carbonyl (C=O) groups excluding carboxylic acids is 1. The van der Waals surface area contributed by atoms with E-state index < -0.39 is 5.82 Å². The molecule has 1 fully saturated rings. The molecule has 23 heavy (non-hydrogen) atoms. The fourth-order valence-corrected chi connectivity index (χ4v) is 3.09. The number of benzene rings is 2. The Hall–Kier alpha value is -2.56. The fourth-order valence-electron chi connectivity index (χ4n) is 3.09. The van der Waals surface area contributed by atoms with Crippen LogP contribution in [0, 0.1) is 5.82 Å². The van der Waals surface area contributed by atoms with E-state index >= 15 is 0 Å². The molecule has 0 radical (unpaired) electrons. The van der Waals surface area contributed by atoms with Gasteiger partial charge in [0.2, 0.25) is 0 Å². The van der Waals surface area contributed by atoms with E-state index in [4.69, 9.17) is 4.74 Å². The number of anilines is 1. The molecule has 1 aliphatic carbocycles. The van der Waals surface area contributed by atoms with E-state index in [9.17, 15) is 9.18 Å². The minimum atomic E-state index is -0.422. The van der Waals surface area contributed by atoms with Crippen LogP contribution in [-0.4, -0.2) is 24.0 Å². The van der Waals surface area contributed by atoms with Gasteiger partial charge in [-0.2, -0.15) is 0 Å². The maximum absolute atomic E-state index is 14.1. The summed E-state index contributed by atoms with van der Waals surface area (Å²) in [6.07, 6.45) is 1.63. The Kier molecular flexibility index (Phi) is 3.22. The van der Waals surface area contributed by atoms with Gasteiger partial charge in [-0.05, 0) is 42.7 Å². The summed E-state index contributed by atoms with van der Waals surface area (Å²) >= 11 is 0. The minimum Gasteiger partial charge on any atom is -0.494 e. The molecule has 1 atom stereocenters. The summed E-state index contributed by atoms with van der Waals surface area (Å²) in [5, 5.41) is 3.38. The highest BCUT2D eigenvalue weighted by atomic mass is 19.1. The molecule has 1 amide bonds. The molecule has 1 aliphatic heterocycles. The van der Waals surface area contributed by atoms with Crippen LogP contribution in [0.5, 0.6) is 5.75 Å². The van der Waals surface area contributed by atoms with E-state index in [1.54, 1.807) is 12.1 Å². The molecule has 1 N–H and O–H groups in total. The first-order chi connectivity index (χ1) is 11.2. The van der Waals surface area contributed by atoms with E-state index in [1.165, 1.54) is 13.2 Å². The third-order valence-electron chi connectivity index (χ3n) is 4.39. The summed E-state index contributed by atoms with van der Waals surface area (Å²) < 4.78 is 19.1. The van der Waals surface area contributed by atoms with Crippen LogP contribution in [0.25, 0.3) is 0 Å². The summed E-state index contributed by atoms with van der Waals surface area (Å²) in [6, 6.07) is 12.5. The first-order valence-electron chi connectivity index (χ1n) is 7.70. The number of hydrogen-bond acceptors (Lipinski definition) is 3. The molecule has 5 heteroatoms. The number of methoxy groups -OCH3 is 1. The molecule has 0 bridgehead atoms. The van der Waals surface area contributed by atoms with Crippen molar-refractivity contribution >= 4 is 11.6 Å². The van der Waals surface area contributed by atoms with Crippen molar-refractivity contribution in [3.8, 4) is 5.75 Å². The fraction of sp³-hybridized carbons (Fsp3) is 0.278. The van der Waals surface area contributed by atoms with Crippen LogP contribution in [0.15, 0.2) is 42.5 Å². The minimum absolute atomic E-state index is 0.00285. The van der Waals surface area contributed by atoms with Crippen molar-refractivity contribution in [1.29, 1.82) is 0 Å². The molecule has 118 valence electrons. The van der Waals surface area contributed by atoms with Gasteiger partial charge in [-0.25, -0.2) is 4.39 Å². The number of fused-ring (bicyclic) bond motifs is 1. The molecule has 0 aromatic heterocycles. The predicted octanol–water partition coefficient (Wildman–Crippen LogP) is 3.56. The maximum Gasteiger partial charge on any atom is 0.258 e. The molecule has 1 unspecified atom stereocenters. The first kappa shape index (κ1) is 14.1. The lowest BCUT2D eigenvalue weighted by Crippen LogP contribution is -2.44. The molecular formula is C18H17FN2O2. The van der Waals surface area contributed by atoms with Crippen molar-refractivity contribution in [2.45, 2.75) is 25.0 Å². The molecule has 4 nitrogen and oxygen atoms in total. The molecular weight excluding hydrogens is 295 g/mol. The van der Waals surface area contributed by atoms with E-state index in [1.807, 2.05) is 29.2 Å². The van der Waals surface area contributed by atoms with Gasteiger partial charge in [-0.3, -0.25) is 4.79 Å². The van der Waals surface area contributed by atoms with Crippen LogP contribution < -0.4 is 10.1 Å². The summed E-state index contributed by atoms with van der Waals surface area (Å²) in [5.41, 5.74) is 2.18. The lowest BCUT2D eigenvalue weighted by Gasteiger charge is -2.38. The lowest BCUT2D eigenvalue weighted by atomic mass is 10.0. The Morgan fingerprint density at radius 2 is 2.00 bits per heavy atom. The summed E-state index contributed by atoms with van der Waals surface area (Å²) in [6.45, 7) is 0. The van der Waals surface area contributed by atoms with Gasteiger partial charge < -0.3 is 15.0 Å². The number of halogens is 1. The topological polar surface area (TPSA) is 41.6 Å². The predicted molar refractivity (Wildman–Crippen MR) is 84.9 cm³/mol. The zero-order valence-corrected chi connectivity index (χ0v) is 12.8. The number of amides is 1. The Morgan fingerprint density at radius 3 is 2.70 bits per heavy atom. The number of nitrogens with one attached hydrogen (secondary N) is 1. The zero-order valence-electron chi connectivity index (χ0n) is 12.8. The monoisotopic (exact) mass is 312 g/mol. The molecule has 0 saturated heterocycles. The molecule has 2 aromatic carbocycles. The number of ether oxygens (including phenoxy) is 1. The van der Waals surface area contributed by atoms with Crippen LogP contribution >= 0.6 is 0 Å². The van der Waals surface area contributed by atoms with E-state index in [-0.39, 0.29) is 23.9 Å². The highest BCUT2D eigenvalue weighted by molar-refractivity contribution is 6.02. The average Bonchev–Trinajstić information content (AvgIpc) is 3.39. The van der Waals surface area contributed by atoms with Crippen LogP contribution in [0.3, 0.4) is 0 Å². The highest BCUT2D eigenvalue weighted by Gasteiger charge is 2.42. The Bertz CT molecular complexity index is 773. The van der Waals surface area contributed by atoms with Crippen molar-refractivity contribution in [2.75, 3.05) is 12.4 Å².